The summed E-state index contributed by atoms with van der Waals surface area (Å²) in [6.07, 6.45) is 0. The van der Waals surface area contributed by atoms with E-state index in [0.717, 1.165) is 10.2 Å². The summed E-state index contributed by atoms with van der Waals surface area (Å²) in [5.41, 5.74) is 6.21. The number of aromatic nitrogens is 3. The number of pyridine rings is 1. The zero-order valence-electron chi connectivity index (χ0n) is 8.34. The lowest BCUT2D eigenvalue weighted by Gasteiger charge is -1.99. The van der Waals surface area contributed by atoms with E-state index in [1.807, 2.05) is 13.0 Å². The van der Waals surface area contributed by atoms with E-state index in [2.05, 4.69) is 14.3 Å². The number of hydrogen-bond donors (Lipinski definition) is 1. The molecular weight excluding hydrogens is 242 g/mol. The van der Waals surface area contributed by atoms with E-state index in [1.165, 1.54) is 23.3 Å². The van der Waals surface area contributed by atoms with Crippen LogP contribution in [-0.2, 0) is 0 Å². The third kappa shape index (κ3) is 2.29. The van der Waals surface area contributed by atoms with Crippen LogP contribution in [0.15, 0.2) is 21.5 Å². The van der Waals surface area contributed by atoms with Gasteiger partial charge in [0.15, 0.2) is 10.0 Å². The lowest BCUT2D eigenvalue weighted by Crippen LogP contribution is -1.94. The van der Waals surface area contributed by atoms with Crippen LogP contribution >= 0.6 is 23.3 Å². The maximum atomic E-state index is 8.79. The van der Waals surface area contributed by atoms with Crippen LogP contribution in [-0.4, -0.2) is 14.3 Å². The molecule has 0 atom stereocenters. The minimum absolute atomic E-state index is 0.242. The third-order valence-electron chi connectivity index (χ3n) is 1.71. The predicted molar refractivity (Wildman–Crippen MR) is 62.1 cm³/mol. The maximum Gasteiger partial charge on any atom is 0.176 e. The Balaban J connectivity index is 2.26. The Kier molecular flexibility index (Phi) is 3.03. The number of hydrogen-bond acceptors (Lipinski definition) is 7. The summed E-state index contributed by atoms with van der Waals surface area (Å²) in [4.78, 5) is 8.31. The van der Waals surface area contributed by atoms with E-state index in [9.17, 15) is 0 Å². The molecule has 2 heterocycles. The SMILES string of the molecule is Cc1nsc(Sc2ccc(N)c(C#N)n2)n1. The van der Waals surface area contributed by atoms with Crippen LogP contribution < -0.4 is 5.73 Å². The van der Waals surface area contributed by atoms with Crippen molar-refractivity contribution in [3.8, 4) is 6.07 Å². The lowest BCUT2D eigenvalue weighted by atomic mass is 10.3. The zero-order valence-corrected chi connectivity index (χ0v) is 9.97. The summed E-state index contributed by atoms with van der Waals surface area (Å²) in [7, 11) is 0. The van der Waals surface area contributed by atoms with Gasteiger partial charge < -0.3 is 5.73 Å². The second-order valence-electron chi connectivity index (χ2n) is 2.91. The first-order valence-electron chi connectivity index (χ1n) is 4.34. The van der Waals surface area contributed by atoms with Gasteiger partial charge in [-0.2, -0.15) is 9.64 Å². The fourth-order valence-electron chi connectivity index (χ4n) is 1.01. The van der Waals surface area contributed by atoms with Crippen molar-refractivity contribution in [2.45, 2.75) is 16.3 Å². The minimum atomic E-state index is 0.242. The number of aryl methyl sites for hydroxylation is 1. The maximum absolute atomic E-state index is 8.79. The highest BCUT2D eigenvalue weighted by molar-refractivity contribution is 8.00. The molecule has 0 aromatic carbocycles. The molecule has 2 aromatic heterocycles. The first-order valence-corrected chi connectivity index (χ1v) is 5.93. The molecule has 7 heteroatoms. The Morgan fingerprint density at radius 1 is 1.44 bits per heavy atom. The Labute approximate surface area is 101 Å². The summed E-state index contributed by atoms with van der Waals surface area (Å²) in [6.45, 7) is 1.83. The van der Waals surface area contributed by atoms with Gasteiger partial charge in [0, 0.05) is 0 Å². The van der Waals surface area contributed by atoms with Gasteiger partial charge >= 0.3 is 0 Å². The summed E-state index contributed by atoms with van der Waals surface area (Å²) in [5.74, 6) is 0.739. The van der Waals surface area contributed by atoms with Crippen molar-refractivity contribution in [2.24, 2.45) is 0 Å². The van der Waals surface area contributed by atoms with Crippen molar-refractivity contribution in [3.05, 3.63) is 23.7 Å². The van der Waals surface area contributed by atoms with Crippen molar-refractivity contribution in [1.29, 1.82) is 5.26 Å². The van der Waals surface area contributed by atoms with Crippen LogP contribution in [0.2, 0.25) is 0 Å². The molecule has 2 N–H and O–H groups in total. The Morgan fingerprint density at radius 3 is 2.88 bits per heavy atom. The van der Waals surface area contributed by atoms with Crippen molar-refractivity contribution in [3.63, 3.8) is 0 Å². The fraction of sp³-hybridized carbons (Fsp3) is 0.111. The molecule has 0 aliphatic carbocycles. The van der Waals surface area contributed by atoms with Crippen LogP contribution in [0.1, 0.15) is 11.5 Å². The molecule has 0 saturated carbocycles. The molecule has 0 spiro atoms. The quantitative estimate of drug-likeness (QED) is 0.873. The monoisotopic (exact) mass is 249 g/mol. The van der Waals surface area contributed by atoms with Crippen molar-refractivity contribution in [2.75, 3.05) is 5.73 Å². The van der Waals surface area contributed by atoms with Crippen molar-refractivity contribution < 1.29 is 0 Å². The number of nitriles is 1. The largest absolute Gasteiger partial charge is 0.396 e. The third-order valence-corrected chi connectivity index (χ3v) is 3.49. The summed E-state index contributed by atoms with van der Waals surface area (Å²) >= 11 is 2.68. The molecule has 80 valence electrons. The molecule has 0 saturated heterocycles. The smallest absolute Gasteiger partial charge is 0.176 e. The van der Waals surface area contributed by atoms with E-state index in [1.54, 1.807) is 12.1 Å². The molecule has 0 unspecified atom stereocenters. The number of nitrogens with zero attached hydrogens (tertiary/aromatic N) is 4. The molecule has 16 heavy (non-hydrogen) atoms. The van der Waals surface area contributed by atoms with Gasteiger partial charge in [-0.3, -0.25) is 0 Å². The summed E-state index contributed by atoms with van der Waals surface area (Å²) < 4.78 is 4.87. The van der Waals surface area contributed by atoms with Gasteiger partial charge in [0.2, 0.25) is 0 Å². The average Bonchev–Trinajstić information content (AvgIpc) is 2.67. The van der Waals surface area contributed by atoms with Crippen LogP contribution in [0.4, 0.5) is 5.69 Å². The van der Waals surface area contributed by atoms with Crippen LogP contribution in [0.3, 0.4) is 0 Å². The predicted octanol–water partition coefficient (Wildman–Crippen LogP) is 1.85. The van der Waals surface area contributed by atoms with Crippen LogP contribution in [0.25, 0.3) is 0 Å². The second-order valence-corrected chi connectivity index (χ2v) is 4.93. The molecule has 0 bridgehead atoms. The molecule has 2 aromatic rings. The number of rotatable bonds is 2. The van der Waals surface area contributed by atoms with Gasteiger partial charge in [-0.15, -0.1) is 0 Å². The van der Waals surface area contributed by atoms with Gasteiger partial charge in [0.05, 0.1) is 5.69 Å². The topological polar surface area (TPSA) is 88.5 Å². The Hall–Kier alpha value is -1.65. The molecule has 0 fully saturated rings. The highest BCUT2D eigenvalue weighted by atomic mass is 32.2. The molecule has 5 nitrogen and oxygen atoms in total. The van der Waals surface area contributed by atoms with Crippen LogP contribution in [0, 0.1) is 18.3 Å². The number of nitrogen functional groups attached to an aromatic ring is 1. The van der Waals surface area contributed by atoms with E-state index >= 15 is 0 Å². The van der Waals surface area contributed by atoms with Gasteiger partial charge in [-0.25, -0.2) is 9.97 Å². The Bertz CT molecular complexity index is 557. The first kappa shape index (κ1) is 10.9. The highest BCUT2D eigenvalue weighted by Crippen LogP contribution is 2.28. The van der Waals surface area contributed by atoms with Gasteiger partial charge in [-0.1, -0.05) is 0 Å². The normalized spacial score (nSPS) is 10.0. The average molecular weight is 249 g/mol. The van der Waals surface area contributed by atoms with Crippen LogP contribution in [0.5, 0.6) is 0 Å². The van der Waals surface area contributed by atoms with E-state index in [4.69, 9.17) is 11.0 Å². The molecule has 0 radical (unpaired) electrons. The van der Waals surface area contributed by atoms with E-state index < -0.39 is 0 Å². The lowest BCUT2D eigenvalue weighted by molar-refractivity contribution is 1.08. The fourth-order valence-corrected chi connectivity index (χ4v) is 2.58. The molecule has 0 aliphatic heterocycles. The van der Waals surface area contributed by atoms with Crippen molar-refractivity contribution in [1.82, 2.24) is 14.3 Å². The highest BCUT2D eigenvalue weighted by Gasteiger charge is 2.07. The van der Waals surface area contributed by atoms with Gasteiger partial charge in [0.25, 0.3) is 0 Å². The second kappa shape index (κ2) is 4.47. The first-order chi connectivity index (χ1) is 7.69. The molecule has 0 amide bonds. The minimum Gasteiger partial charge on any atom is -0.396 e. The Morgan fingerprint density at radius 2 is 2.25 bits per heavy atom. The molecule has 2 rings (SSSR count). The molecular formula is C9H7N5S2. The van der Waals surface area contributed by atoms with Gasteiger partial charge in [-0.05, 0) is 42.4 Å². The van der Waals surface area contributed by atoms with Gasteiger partial charge in [0.1, 0.15) is 16.9 Å². The van der Waals surface area contributed by atoms with Crippen molar-refractivity contribution >= 4 is 29.0 Å². The standard InChI is InChI=1S/C9H7N5S2/c1-5-12-9(16-14-5)15-8-3-2-6(11)7(4-10)13-8/h2-3H,11H2,1H3. The van der Waals surface area contributed by atoms with E-state index in [0.29, 0.717) is 10.7 Å². The molecule has 0 aliphatic rings. The summed E-state index contributed by atoms with van der Waals surface area (Å²) in [6, 6.07) is 5.37. The summed E-state index contributed by atoms with van der Waals surface area (Å²) in [5, 5.41) is 9.48. The zero-order chi connectivity index (χ0) is 11.5. The van der Waals surface area contributed by atoms with E-state index in [-0.39, 0.29) is 5.69 Å². The number of nitrogens with two attached hydrogens (primary N) is 1. The number of anilines is 1.